The number of ether oxygens (including phenoxy) is 1. The van der Waals surface area contributed by atoms with E-state index in [4.69, 9.17) is 13.0 Å². The standard InChI is InChI=1S/C11H22INO2/c1-8(7-12)6-9(2)13-10(14)15-11(3,4)5/h8-9H,6-7H2,1-5H3,(H,13,14)/t8-,9+/m0/s1/i1+0D3,6D,7D2/t6-,8+,9-/m1. The fourth-order valence-electron chi connectivity index (χ4n) is 0.867. The molecule has 0 heterocycles. The number of rotatable bonds is 4. The van der Waals surface area contributed by atoms with Gasteiger partial charge in [0.05, 0.1) is 0 Å². The Morgan fingerprint density at radius 1 is 1.67 bits per heavy atom. The van der Waals surface area contributed by atoms with Gasteiger partial charge in [-0.1, -0.05) is 29.4 Å². The van der Waals surface area contributed by atoms with Gasteiger partial charge in [-0.3, -0.25) is 0 Å². The Balaban J connectivity index is 4.96. The van der Waals surface area contributed by atoms with E-state index in [0.717, 1.165) is 0 Å². The molecule has 4 heteroatoms. The number of carbonyl (C=O) groups excluding carboxylic acids is 1. The predicted molar refractivity (Wildman–Crippen MR) is 71.5 cm³/mol. The number of nitrogens with one attached hydrogen (secondary N) is 1. The molecule has 0 radical (unpaired) electrons. The molecule has 15 heavy (non-hydrogen) atoms. The van der Waals surface area contributed by atoms with Crippen LogP contribution in [0.4, 0.5) is 4.79 Å². The van der Waals surface area contributed by atoms with E-state index in [-0.39, 0.29) is 0 Å². The summed E-state index contributed by atoms with van der Waals surface area (Å²) in [7, 11) is 0. The first-order chi connectivity index (χ1) is 9.05. The first-order valence-electron chi connectivity index (χ1n) is 7.74. The van der Waals surface area contributed by atoms with Crippen molar-refractivity contribution in [1.82, 2.24) is 5.32 Å². The van der Waals surface area contributed by atoms with Gasteiger partial charge >= 0.3 is 6.09 Å². The monoisotopic (exact) mass is 333 g/mol. The summed E-state index contributed by atoms with van der Waals surface area (Å²) < 4.78 is 48.4. The lowest BCUT2D eigenvalue weighted by Crippen LogP contribution is -2.38. The summed E-state index contributed by atoms with van der Waals surface area (Å²) in [6.07, 6.45) is -2.09. The van der Waals surface area contributed by atoms with Gasteiger partial charge in [-0.2, -0.15) is 0 Å². The van der Waals surface area contributed by atoms with Crippen molar-refractivity contribution in [2.24, 2.45) is 5.92 Å². The van der Waals surface area contributed by atoms with E-state index < -0.39 is 41.3 Å². The Hall–Kier alpha value is 0. The number of hydrogen-bond donors (Lipinski definition) is 1. The Bertz CT molecular complexity index is 349. The van der Waals surface area contributed by atoms with Crippen molar-refractivity contribution in [2.75, 3.05) is 4.38 Å². The number of amides is 1. The minimum Gasteiger partial charge on any atom is -0.444 e. The third-order valence-corrected chi connectivity index (χ3v) is 2.01. The second kappa shape index (κ2) is 6.55. The lowest BCUT2D eigenvalue weighted by molar-refractivity contribution is 0.0504. The topological polar surface area (TPSA) is 38.3 Å². The first-order valence-corrected chi connectivity index (χ1v) is 5.74. The van der Waals surface area contributed by atoms with E-state index >= 15 is 0 Å². The van der Waals surface area contributed by atoms with E-state index in [0.29, 0.717) is 0 Å². The Labute approximate surface area is 115 Å². The maximum absolute atomic E-state index is 11.6. The van der Waals surface area contributed by atoms with Crippen LogP contribution >= 0.6 is 22.6 Å². The van der Waals surface area contributed by atoms with E-state index in [1.165, 1.54) is 29.5 Å². The normalized spacial score (nSPS) is 25.4. The van der Waals surface area contributed by atoms with Crippen molar-refractivity contribution in [3.63, 3.8) is 0 Å². The molecule has 0 aromatic rings. The molecule has 1 N–H and O–H groups in total. The predicted octanol–water partition coefficient (Wildman–Crippen LogP) is 3.36. The largest absolute Gasteiger partial charge is 0.444 e. The highest BCUT2D eigenvalue weighted by molar-refractivity contribution is 14.1. The van der Waals surface area contributed by atoms with Crippen LogP contribution in [0.25, 0.3) is 0 Å². The SMILES string of the molecule is [2H][C@@H]([C@@H](C)NC(=O)OC(C)(C)C)[C@@H](C([2H])([2H])I)[12C]([2H])([2H])[2H]. The summed E-state index contributed by atoms with van der Waals surface area (Å²) in [6.45, 7) is 3.88. The molecule has 0 spiro atoms. The Morgan fingerprint density at radius 2 is 2.27 bits per heavy atom. The van der Waals surface area contributed by atoms with Gasteiger partial charge in [-0.05, 0) is 40.0 Å². The average molecular weight is 333 g/mol. The molecule has 0 rings (SSSR count). The zero-order chi connectivity index (χ0) is 17.2. The van der Waals surface area contributed by atoms with E-state index in [1.807, 2.05) is 0 Å². The molecule has 0 saturated carbocycles. The van der Waals surface area contributed by atoms with Gasteiger partial charge in [0.15, 0.2) is 0 Å². The van der Waals surface area contributed by atoms with Crippen molar-refractivity contribution in [3.8, 4) is 0 Å². The summed E-state index contributed by atoms with van der Waals surface area (Å²) in [4.78, 5) is 11.6. The zero-order valence-electron chi connectivity index (χ0n) is 15.4. The molecular formula is C11H22INO2. The van der Waals surface area contributed by atoms with Crippen LogP contribution in [0.3, 0.4) is 0 Å². The smallest absolute Gasteiger partial charge is 0.407 e. The van der Waals surface area contributed by atoms with Crippen LogP contribution in [-0.4, -0.2) is 22.1 Å². The van der Waals surface area contributed by atoms with Crippen molar-refractivity contribution in [1.29, 1.82) is 0 Å². The van der Waals surface area contributed by atoms with Gasteiger partial charge in [0, 0.05) is 18.6 Å². The highest BCUT2D eigenvalue weighted by Crippen LogP contribution is 2.10. The molecule has 0 aliphatic carbocycles. The number of carbonyl (C=O) groups is 1. The Kier molecular flexibility index (Phi) is 3.21. The number of halogens is 1. The zero-order valence-corrected chi connectivity index (χ0v) is 11.6. The van der Waals surface area contributed by atoms with E-state index in [2.05, 4.69) is 5.32 Å². The van der Waals surface area contributed by atoms with Crippen LogP contribution in [0.2, 0.25) is 0 Å². The van der Waals surface area contributed by atoms with E-state index in [9.17, 15) is 4.79 Å². The van der Waals surface area contributed by atoms with Crippen LogP contribution in [-0.2, 0) is 4.74 Å². The summed E-state index contributed by atoms with van der Waals surface area (Å²) >= 11 is 1.38. The lowest BCUT2D eigenvalue weighted by atomic mass is 10.1. The Morgan fingerprint density at radius 3 is 2.67 bits per heavy atom. The van der Waals surface area contributed by atoms with Gasteiger partial charge in [0.1, 0.15) is 5.60 Å². The molecule has 1 amide bonds. The summed E-state index contributed by atoms with van der Waals surface area (Å²) in [5, 5.41) is 2.39. The fourth-order valence-corrected chi connectivity index (χ4v) is 1.07. The summed E-state index contributed by atoms with van der Waals surface area (Å²) in [5.41, 5.74) is -0.706. The minimum absolute atomic E-state index is 0.706. The van der Waals surface area contributed by atoms with Crippen molar-refractivity contribution >= 4 is 28.7 Å². The van der Waals surface area contributed by atoms with Gasteiger partial charge in [0.2, 0.25) is 0 Å². The lowest BCUT2D eigenvalue weighted by Gasteiger charge is -2.22. The third kappa shape index (κ3) is 8.96. The number of alkyl carbamates (subject to hydrolysis) is 1. The molecule has 0 aliphatic heterocycles. The van der Waals surface area contributed by atoms with Crippen LogP contribution in [0.15, 0.2) is 0 Å². The molecule has 90 valence electrons. The van der Waals surface area contributed by atoms with Crippen LogP contribution in [0, 0.1) is 5.92 Å². The molecular weight excluding hydrogens is 305 g/mol. The van der Waals surface area contributed by atoms with Crippen molar-refractivity contribution < 1.29 is 17.8 Å². The quantitative estimate of drug-likeness (QED) is 0.633. The molecule has 0 aromatic carbocycles. The number of alkyl halides is 1. The third-order valence-electron chi connectivity index (χ3n) is 1.34. The summed E-state index contributed by atoms with van der Waals surface area (Å²) in [6, 6.07) is -0.866. The average Bonchev–Trinajstić information content (AvgIpc) is 2.08. The van der Waals surface area contributed by atoms with Crippen molar-refractivity contribution in [2.45, 2.75) is 52.6 Å². The van der Waals surface area contributed by atoms with Gasteiger partial charge < -0.3 is 10.1 Å². The van der Waals surface area contributed by atoms with Crippen LogP contribution < -0.4 is 5.32 Å². The van der Waals surface area contributed by atoms with Gasteiger partial charge in [-0.25, -0.2) is 4.79 Å². The molecule has 0 aliphatic rings. The second-order valence-corrected chi connectivity index (χ2v) is 4.84. The fraction of sp³-hybridized carbons (Fsp3) is 0.909. The first kappa shape index (κ1) is 7.35. The van der Waals surface area contributed by atoms with Gasteiger partial charge in [0.25, 0.3) is 0 Å². The maximum atomic E-state index is 11.6. The number of hydrogen-bond acceptors (Lipinski definition) is 2. The van der Waals surface area contributed by atoms with E-state index in [1.54, 1.807) is 20.8 Å². The molecule has 3 nitrogen and oxygen atoms in total. The molecule has 0 aromatic heterocycles. The highest BCUT2D eigenvalue weighted by atomic mass is 127. The van der Waals surface area contributed by atoms with Gasteiger partial charge in [-0.15, -0.1) is 0 Å². The molecule has 0 saturated heterocycles. The minimum atomic E-state index is -2.64. The molecule has 3 atom stereocenters. The van der Waals surface area contributed by atoms with Crippen LogP contribution in [0.5, 0.6) is 0 Å². The molecule has 0 fully saturated rings. The highest BCUT2D eigenvalue weighted by Gasteiger charge is 2.18. The van der Waals surface area contributed by atoms with Crippen molar-refractivity contribution in [3.05, 3.63) is 0 Å². The summed E-state index contributed by atoms with van der Waals surface area (Å²) in [5.74, 6) is -1.53. The molecule has 0 unspecified atom stereocenters. The second-order valence-electron chi connectivity index (χ2n) is 4.21. The molecule has 0 bridgehead atoms. The van der Waals surface area contributed by atoms with Crippen LogP contribution in [0.1, 0.15) is 49.2 Å². The maximum Gasteiger partial charge on any atom is 0.407 e.